The molecule has 2 unspecified atom stereocenters. The van der Waals surface area contributed by atoms with Crippen molar-refractivity contribution in [1.29, 1.82) is 0 Å². The maximum atomic E-state index is 5.74. The van der Waals surface area contributed by atoms with Crippen molar-refractivity contribution in [1.82, 2.24) is 0 Å². The molecule has 1 rings (SSSR count). The summed E-state index contributed by atoms with van der Waals surface area (Å²) < 4.78 is 5.74. The Hall–Kier alpha value is -0.340. The number of halogens is 1. The highest BCUT2D eigenvalue weighted by atomic mass is 79.9. The van der Waals surface area contributed by atoms with Crippen molar-refractivity contribution in [3.05, 3.63) is 34.9 Å². The number of hydrogen-bond acceptors (Lipinski definition) is 1. The van der Waals surface area contributed by atoms with Gasteiger partial charge in [-0.2, -0.15) is 0 Å². The molecule has 0 aromatic carbocycles. The second-order valence-corrected chi connectivity index (χ2v) is 7.55. The zero-order valence-corrected chi connectivity index (χ0v) is 16.4. The summed E-state index contributed by atoms with van der Waals surface area (Å²) in [6, 6.07) is 0. The van der Waals surface area contributed by atoms with E-state index in [1.54, 1.807) is 0 Å². The van der Waals surface area contributed by atoms with Gasteiger partial charge in [0, 0.05) is 5.33 Å². The molecule has 0 spiro atoms. The minimum Gasteiger partial charge on any atom is -0.377 e. The Morgan fingerprint density at radius 3 is 2.18 bits per heavy atom. The van der Waals surface area contributed by atoms with Crippen LogP contribution >= 0.6 is 15.9 Å². The summed E-state index contributed by atoms with van der Waals surface area (Å²) >= 11 is 3.54. The maximum Gasteiger partial charge on any atom is 0.0650 e. The molecule has 0 aliphatic heterocycles. The summed E-state index contributed by atoms with van der Waals surface area (Å²) in [6.45, 7) is 10.5. The van der Waals surface area contributed by atoms with Crippen LogP contribution in [0.15, 0.2) is 34.9 Å². The SMILES string of the molecule is CC(C)=CCC/C(C)=C/CC/C(C)=C/COCC1CC1CBr. The molecule has 0 heterocycles. The van der Waals surface area contributed by atoms with Crippen LogP contribution in [-0.4, -0.2) is 18.5 Å². The zero-order chi connectivity index (χ0) is 16.4. The first-order chi connectivity index (χ1) is 10.5. The summed E-state index contributed by atoms with van der Waals surface area (Å²) in [5.41, 5.74) is 4.37. The van der Waals surface area contributed by atoms with Gasteiger partial charge in [0.25, 0.3) is 0 Å². The van der Waals surface area contributed by atoms with E-state index in [1.165, 1.54) is 36.0 Å². The number of hydrogen-bond donors (Lipinski definition) is 0. The largest absolute Gasteiger partial charge is 0.377 e. The molecule has 0 amide bonds. The molecule has 0 bridgehead atoms. The van der Waals surface area contributed by atoms with Gasteiger partial charge in [-0.25, -0.2) is 0 Å². The first-order valence-electron chi connectivity index (χ1n) is 8.61. The smallest absolute Gasteiger partial charge is 0.0650 e. The molecule has 2 heteroatoms. The van der Waals surface area contributed by atoms with E-state index in [9.17, 15) is 0 Å². The van der Waals surface area contributed by atoms with Crippen LogP contribution in [0.1, 0.15) is 59.8 Å². The van der Waals surface area contributed by atoms with Gasteiger partial charge >= 0.3 is 0 Å². The van der Waals surface area contributed by atoms with Crippen LogP contribution in [0.4, 0.5) is 0 Å². The van der Waals surface area contributed by atoms with E-state index in [2.05, 4.69) is 61.9 Å². The Balaban J connectivity index is 2.07. The summed E-state index contributed by atoms with van der Waals surface area (Å²) in [7, 11) is 0. The van der Waals surface area contributed by atoms with Crippen molar-refractivity contribution in [2.24, 2.45) is 11.8 Å². The van der Waals surface area contributed by atoms with Crippen molar-refractivity contribution in [3.63, 3.8) is 0 Å². The van der Waals surface area contributed by atoms with Crippen LogP contribution in [0.2, 0.25) is 0 Å². The van der Waals surface area contributed by atoms with Crippen LogP contribution < -0.4 is 0 Å². The lowest BCUT2D eigenvalue weighted by Crippen LogP contribution is -1.99. The molecule has 22 heavy (non-hydrogen) atoms. The van der Waals surface area contributed by atoms with Crippen molar-refractivity contribution in [2.45, 2.75) is 59.8 Å². The van der Waals surface area contributed by atoms with E-state index in [-0.39, 0.29) is 0 Å². The molecule has 0 aromatic heterocycles. The topological polar surface area (TPSA) is 9.23 Å². The quantitative estimate of drug-likeness (QED) is 0.231. The molecule has 0 N–H and O–H groups in total. The third-order valence-electron chi connectivity index (χ3n) is 4.27. The van der Waals surface area contributed by atoms with Crippen molar-refractivity contribution >= 4 is 15.9 Å². The summed E-state index contributed by atoms with van der Waals surface area (Å²) in [5.74, 6) is 1.67. The van der Waals surface area contributed by atoms with Gasteiger partial charge in [0.2, 0.25) is 0 Å². The van der Waals surface area contributed by atoms with Gasteiger partial charge in [0.1, 0.15) is 0 Å². The Kier molecular flexibility index (Phi) is 10.1. The highest BCUT2D eigenvalue weighted by Gasteiger charge is 2.35. The molecule has 1 fully saturated rings. The molecule has 1 aliphatic carbocycles. The third kappa shape index (κ3) is 9.63. The fourth-order valence-electron chi connectivity index (χ4n) is 2.46. The lowest BCUT2D eigenvalue weighted by Gasteiger charge is -2.03. The number of rotatable bonds is 11. The fraction of sp³-hybridized carbons (Fsp3) is 0.700. The Bertz CT molecular complexity index is 402. The number of ether oxygens (including phenoxy) is 1. The number of allylic oxidation sites excluding steroid dienone is 5. The normalized spacial score (nSPS) is 21.9. The maximum absolute atomic E-state index is 5.74. The molecule has 0 saturated heterocycles. The van der Waals surface area contributed by atoms with Crippen molar-refractivity contribution in [2.75, 3.05) is 18.5 Å². The summed E-state index contributed by atoms with van der Waals surface area (Å²) in [6.07, 6.45) is 13.0. The first kappa shape index (κ1) is 19.7. The lowest BCUT2D eigenvalue weighted by molar-refractivity contribution is 0.147. The van der Waals surface area contributed by atoms with Gasteiger partial charge in [-0.3, -0.25) is 0 Å². The highest BCUT2D eigenvalue weighted by molar-refractivity contribution is 9.09. The van der Waals surface area contributed by atoms with Gasteiger partial charge in [0.05, 0.1) is 13.2 Å². The van der Waals surface area contributed by atoms with E-state index in [4.69, 9.17) is 4.74 Å². The van der Waals surface area contributed by atoms with Gasteiger partial charge in [0.15, 0.2) is 0 Å². The zero-order valence-electron chi connectivity index (χ0n) is 14.8. The molecular formula is C20H33BrO. The van der Waals surface area contributed by atoms with Crippen LogP contribution in [0.25, 0.3) is 0 Å². The molecule has 0 aromatic rings. The summed E-state index contributed by atoms with van der Waals surface area (Å²) in [5, 5.41) is 1.13. The van der Waals surface area contributed by atoms with Gasteiger partial charge in [-0.15, -0.1) is 0 Å². The highest BCUT2D eigenvalue weighted by Crippen LogP contribution is 2.39. The lowest BCUT2D eigenvalue weighted by atomic mass is 10.1. The standard InChI is InChI=1S/C20H33BrO/c1-16(2)7-5-8-17(3)9-6-10-18(4)11-12-22-15-20-13-19(20)14-21/h7,9,11,19-20H,5-6,8,10,12-15H2,1-4H3/b17-9+,18-11+. The van der Waals surface area contributed by atoms with E-state index in [0.717, 1.165) is 43.2 Å². The number of alkyl halides is 1. The van der Waals surface area contributed by atoms with Crippen LogP contribution in [0.3, 0.4) is 0 Å². The second kappa shape index (κ2) is 11.2. The van der Waals surface area contributed by atoms with Crippen LogP contribution in [0.5, 0.6) is 0 Å². The monoisotopic (exact) mass is 368 g/mol. The van der Waals surface area contributed by atoms with Gasteiger partial charge in [-0.1, -0.05) is 50.9 Å². The second-order valence-electron chi connectivity index (χ2n) is 6.91. The van der Waals surface area contributed by atoms with Gasteiger partial charge < -0.3 is 4.74 Å². The molecule has 1 saturated carbocycles. The molecule has 2 atom stereocenters. The Morgan fingerprint density at radius 1 is 0.955 bits per heavy atom. The molecule has 1 nitrogen and oxygen atoms in total. The third-order valence-corrected chi connectivity index (χ3v) is 5.10. The van der Waals surface area contributed by atoms with E-state index >= 15 is 0 Å². The minimum atomic E-state index is 0.778. The van der Waals surface area contributed by atoms with E-state index in [0.29, 0.717) is 0 Å². The Labute approximate surface area is 146 Å². The predicted octanol–water partition coefficient (Wildman–Crippen LogP) is 6.45. The molecule has 126 valence electrons. The average molecular weight is 369 g/mol. The molecular weight excluding hydrogens is 336 g/mol. The van der Waals surface area contributed by atoms with Crippen molar-refractivity contribution < 1.29 is 4.74 Å². The molecule has 0 radical (unpaired) electrons. The van der Waals surface area contributed by atoms with Gasteiger partial charge in [-0.05, 0) is 71.6 Å². The first-order valence-corrected chi connectivity index (χ1v) is 9.73. The molecule has 1 aliphatic rings. The summed E-state index contributed by atoms with van der Waals surface area (Å²) in [4.78, 5) is 0. The minimum absolute atomic E-state index is 0.778. The van der Waals surface area contributed by atoms with E-state index < -0.39 is 0 Å². The Morgan fingerprint density at radius 2 is 1.59 bits per heavy atom. The average Bonchev–Trinajstić information content (AvgIpc) is 3.22. The van der Waals surface area contributed by atoms with Crippen molar-refractivity contribution in [3.8, 4) is 0 Å². The fourth-order valence-corrected chi connectivity index (χ4v) is 3.26. The van der Waals surface area contributed by atoms with E-state index in [1.807, 2.05) is 0 Å². The van der Waals surface area contributed by atoms with Crippen LogP contribution in [-0.2, 0) is 4.74 Å². The van der Waals surface area contributed by atoms with Crippen LogP contribution in [0, 0.1) is 11.8 Å². The predicted molar refractivity (Wildman–Crippen MR) is 102 cm³/mol.